The van der Waals surface area contributed by atoms with Crippen LogP contribution in [0.1, 0.15) is 39.0 Å². The quantitative estimate of drug-likeness (QED) is 0.380. The monoisotopic (exact) mass is 218 g/mol. The van der Waals surface area contributed by atoms with Crippen LogP contribution < -0.4 is 0 Å². The molecule has 0 aliphatic rings. The van der Waals surface area contributed by atoms with Gasteiger partial charge in [-0.25, -0.2) is 0 Å². The zero-order chi connectivity index (χ0) is 11.7. The first kappa shape index (κ1) is 13.9. The molecule has 1 atom stereocenters. The second-order valence-corrected chi connectivity index (χ2v) is 3.16. The van der Waals surface area contributed by atoms with Gasteiger partial charge in [0.25, 0.3) is 0 Å². The fraction of sp³-hybridized carbons (Fsp3) is 0.800. The van der Waals surface area contributed by atoms with E-state index in [-0.39, 0.29) is 18.8 Å². The molecule has 1 unspecified atom stereocenters. The van der Waals surface area contributed by atoms with Crippen LogP contribution in [0, 0.1) is 0 Å². The first-order chi connectivity index (χ1) is 7.10. The molecule has 0 aromatic heterocycles. The molecule has 0 spiro atoms. The SMILES string of the molecule is CCC(OC)OC(=O)CCCCC(=O)O. The summed E-state index contributed by atoms with van der Waals surface area (Å²) in [4.78, 5) is 21.3. The topological polar surface area (TPSA) is 72.8 Å². The number of esters is 1. The lowest BCUT2D eigenvalue weighted by atomic mass is 10.2. The minimum absolute atomic E-state index is 0.0920. The largest absolute Gasteiger partial charge is 0.481 e. The van der Waals surface area contributed by atoms with Crippen molar-refractivity contribution in [1.82, 2.24) is 0 Å². The van der Waals surface area contributed by atoms with Gasteiger partial charge in [-0.15, -0.1) is 0 Å². The Morgan fingerprint density at radius 2 is 1.87 bits per heavy atom. The number of ether oxygens (including phenoxy) is 2. The average Bonchev–Trinajstić information content (AvgIpc) is 2.20. The summed E-state index contributed by atoms with van der Waals surface area (Å²) in [6.07, 6.45) is 1.48. The van der Waals surface area contributed by atoms with E-state index in [1.54, 1.807) is 0 Å². The van der Waals surface area contributed by atoms with Gasteiger partial charge in [0.15, 0.2) is 0 Å². The second-order valence-electron chi connectivity index (χ2n) is 3.16. The Kier molecular flexibility index (Phi) is 7.62. The van der Waals surface area contributed by atoms with Crippen molar-refractivity contribution in [3.8, 4) is 0 Å². The summed E-state index contributed by atoms with van der Waals surface area (Å²) in [6, 6.07) is 0. The van der Waals surface area contributed by atoms with E-state index in [0.29, 0.717) is 19.3 Å². The molecule has 0 saturated heterocycles. The van der Waals surface area contributed by atoms with Crippen LogP contribution in [0.4, 0.5) is 0 Å². The molecule has 0 bridgehead atoms. The molecule has 0 radical (unpaired) electrons. The first-order valence-corrected chi connectivity index (χ1v) is 5.04. The van der Waals surface area contributed by atoms with Gasteiger partial charge >= 0.3 is 11.9 Å². The lowest BCUT2D eigenvalue weighted by Gasteiger charge is -2.13. The van der Waals surface area contributed by atoms with E-state index >= 15 is 0 Å². The maximum atomic E-state index is 11.2. The van der Waals surface area contributed by atoms with Gasteiger partial charge in [0, 0.05) is 26.4 Å². The van der Waals surface area contributed by atoms with Crippen molar-refractivity contribution in [2.45, 2.75) is 45.3 Å². The van der Waals surface area contributed by atoms with Gasteiger partial charge in [-0.2, -0.15) is 0 Å². The van der Waals surface area contributed by atoms with Gasteiger partial charge in [-0.1, -0.05) is 6.92 Å². The molecule has 0 aromatic rings. The highest BCUT2D eigenvalue weighted by molar-refractivity contribution is 5.69. The van der Waals surface area contributed by atoms with Crippen LogP contribution >= 0.6 is 0 Å². The van der Waals surface area contributed by atoms with Crippen molar-refractivity contribution in [3.63, 3.8) is 0 Å². The summed E-state index contributed by atoms with van der Waals surface area (Å²) in [5.41, 5.74) is 0. The Labute approximate surface area is 89.4 Å². The summed E-state index contributed by atoms with van der Waals surface area (Å²) >= 11 is 0. The predicted molar refractivity (Wildman–Crippen MR) is 53.3 cm³/mol. The van der Waals surface area contributed by atoms with Gasteiger partial charge in [-0.3, -0.25) is 9.59 Å². The lowest BCUT2D eigenvalue weighted by molar-refractivity contribution is -0.174. The van der Waals surface area contributed by atoms with Crippen LogP contribution in [0.5, 0.6) is 0 Å². The van der Waals surface area contributed by atoms with Crippen molar-refractivity contribution in [1.29, 1.82) is 0 Å². The smallest absolute Gasteiger partial charge is 0.308 e. The van der Waals surface area contributed by atoms with Crippen LogP contribution in [0.3, 0.4) is 0 Å². The zero-order valence-corrected chi connectivity index (χ0v) is 9.19. The normalized spacial score (nSPS) is 12.1. The number of hydrogen-bond acceptors (Lipinski definition) is 4. The second kappa shape index (κ2) is 8.23. The number of carbonyl (C=O) groups is 2. The number of unbranched alkanes of at least 4 members (excludes halogenated alkanes) is 1. The molecular formula is C10H18O5. The molecule has 88 valence electrons. The number of carbonyl (C=O) groups excluding carboxylic acids is 1. The molecule has 0 amide bonds. The number of aliphatic carboxylic acids is 1. The molecule has 0 aliphatic heterocycles. The lowest BCUT2D eigenvalue weighted by Crippen LogP contribution is -2.18. The summed E-state index contributed by atoms with van der Waals surface area (Å²) in [5.74, 6) is -1.18. The standard InChI is InChI=1S/C10H18O5/c1-3-10(14-2)15-9(13)7-5-4-6-8(11)12/h10H,3-7H2,1-2H3,(H,11,12). The third-order valence-corrected chi connectivity index (χ3v) is 1.88. The minimum Gasteiger partial charge on any atom is -0.481 e. The van der Waals surface area contributed by atoms with Crippen molar-refractivity contribution >= 4 is 11.9 Å². The Morgan fingerprint density at radius 1 is 1.27 bits per heavy atom. The Balaban J connectivity index is 3.52. The van der Waals surface area contributed by atoms with E-state index in [1.807, 2.05) is 6.92 Å². The van der Waals surface area contributed by atoms with Crippen LogP contribution in [-0.2, 0) is 19.1 Å². The predicted octanol–water partition coefficient (Wildman–Crippen LogP) is 1.56. The van der Waals surface area contributed by atoms with Crippen LogP contribution in [0.15, 0.2) is 0 Å². The number of methoxy groups -OCH3 is 1. The van der Waals surface area contributed by atoms with E-state index in [0.717, 1.165) is 0 Å². The molecular weight excluding hydrogens is 200 g/mol. The van der Waals surface area contributed by atoms with Gasteiger partial charge in [0.1, 0.15) is 0 Å². The molecule has 5 nitrogen and oxygen atoms in total. The molecule has 0 heterocycles. The van der Waals surface area contributed by atoms with Crippen LogP contribution in [0.25, 0.3) is 0 Å². The molecule has 0 saturated carbocycles. The Hall–Kier alpha value is -1.10. The molecule has 15 heavy (non-hydrogen) atoms. The van der Waals surface area contributed by atoms with Crippen molar-refractivity contribution in [2.24, 2.45) is 0 Å². The highest BCUT2D eigenvalue weighted by Crippen LogP contribution is 2.05. The van der Waals surface area contributed by atoms with E-state index in [4.69, 9.17) is 14.6 Å². The van der Waals surface area contributed by atoms with Crippen LogP contribution in [-0.4, -0.2) is 30.4 Å². The maximum Gasteiger partial charge on any atom is 0.308 e. The van der Waals surface area contributed by atoms with E-state index < -0.39 is 12.3 Å². The first-order valence-electron chi connectivity index (χ1n) is 5.04. The number of carboxylic acid groups (broad SMARTS) is 1. The van der Waals surface area contributed by atoms with E-state index in [1.165, 1.54) is 7.11 Å². The van der Waals surface area contributed by atoms with Gasteiger partial charge in [0.05, 0.1) is 0 Å². The third-order valence-electron chi connectivity index (χ3n) is 1.88. The molecule has 0 fully saturated rings. The van der Waals surface area contributed by atoms with Crippen LogP contribution in [0.2, 0.25) is 0 Å². The fourth-order valence-electron chi connectivity index (χ4n) is 1.05. The van der Waals surface area contributed by atoms with Gasteiger partial charge < -0.3 is 14.6 Å². The molecule has 0 aliphatic carbocycles. The van der Waals surface area contributed by atoms with E-state index in [9.17, 15) is 9.59 Å². The highest BCUT2D eigenvalue weighted by Gasteiger charge is 2.10. The van der Waals surface area contributed by atoms with Crippen molar-refractivity contribution in [2.75, 3.05) is 7.11 Å². The van der Waals surface area contributed by atoms with Gasteiger partial charge in [-0.05, 0) is 12.8 Å². The summed E-state index contributed by atoms with van der Waals surface area (Å²) in [5, 5.41) is 8.36. The Bertz CT molecular complexity index is 198. The Morgan fingerprint density at radius 3 is 2.33 bits per heavy atom. The summed E-state index contributed by atoms with van der Waals surface area (Å²) < 4.78 is 9.82. The van der Waals surface area contributed by atoms with Gasteiger partial charge in [0.2, 0.25) is 6.29 Å². The van der Waals surface area contributed by atoms with Crippen molar-refractivity contribution < 1.29 is 24.2 Å². The number of rotatable bonds is 8. The fourth-order valence-corrected chi connectivity index (χ4v) is 1.05. The maximum absolute atomic E-state index is 11.2. The minimum atomic E-state index is -0.841. The number of carboxylic acids is 1. The summed E-state index contributed by atoms with van der Waals surface area (Å²) in [6.45, 7) is 1.85. The van der Waals surface area contributed by atoms with Crippen molar-refractivity contribution in [3.05, 3.63) is 0 Å². The number of hydrogen-bond donors (Lipinski definition) is 1. The average molecular weight is 218 g/mol. The van der Waals surface area contributed by atoms with E-state index in [2.05, 4.69) is 0 Å². The zero-order valence-electron chi connectivity index (χ0n) is 9.19. The summed E-state index contributed by atoms with van der Waals surface area (Å²) in [7, 11) is 1.48. The molecule has 0 rings (SSSR count). The third kappa shape index (κ3) is 7.93. The molecule has 1 N–H and O–H groups in total. The molecule has 0 aromatic carbocycles. The highest BCUT2D eigenvalue weighted by atomic mass is 16.7. The molecule has 5 heteroatoms.